The van der Waals surface area contributed by atoms with Gasteiger partial charge in [-0.3, -0.25) is 4.79 Å². The first-order valence-electron chi connectivity index (χ1n) is 5.96. The lowest BCUT2D eigenvalue weighted by atomic mass is 10.1. The molecule has 2 rings (SSSR count). The lowest BCUT2D eigenvalue weighted by Crippen LogP contribution is -2.19. The fraction of sp³-hybridized carbons (Fsp3) is 0.0667. The Labute approximate surface area is 121 Å². The average molecular weight is 289 g/mol. The smallest absolute Gasteiger partial charge is 0.271 e. The van der Waals surface area contributed by atoms with Crippen LogP contribution in [-0.2, 0) is 0 Å². The molecule has 2 aromatic carbocycles. The predicted molar refractivity (Wildman–Crippen MR) is 79.2 cm³/mol. The van der Waals surface area contributed by atoms with Gasteiger partial charge >= 0.3 is 0 Å². The van der Waals surface area contributed by atoms with Gasteiger partial charge in [0, 0.05) is 10.6 Å². The molecule has 4 nitrogen and oxygen atoms in total. The highest BCUT2D eigenvalue weighted by Gasteiger charge is 2.05. The minimum Gasteiger partial charge on any atom is -0.508 e. The third-order valence-corrected chi connectivity index (χ3v) is 2.93. The molecule has 0 radical (unpaired) electrons. The summed E-state index contributed by atoms with van der Waals surface area (Å²) >= 11 is 5.90. The van der Waals surface area contributed by atoms with Crippen molar-refractivity contribution in [2.24, 2.45) is 5.10 Å². The molecule has 0 atom stereocenters. The van der Waals surface area contributed by atoms with Crippen molar-refractivity contribution in [1.82, 2.24) is 5.43 Å². The molecule has 0 saturated carbocycles. The summed E-state index contributed by atoms with van der Waals surface area (Å²) in [6.45, 7) is 1.78. The topological polar surface area (TPSA) is 61.7 Å². The van der Waals surface area contributed by atoms with Crippen molar-refractivity contribution < 1.29 is 9.90 Å². The van der Waals surface area contributed by atoms with E-state index in [1.165, 1.54) is 24.3 Å². The Morgan fingerprint density at radius 1 is 1.15 bits per heavy atom. The zero-order chi connectivity index (χ0) is 14.5. The first kappa shape index (κ1) is 14.1. The summed E-state index contributed by atoms with van der Waals surface area (Å²) in [6, 6.07) is 13.2. The second-order valence-corrected chi connectivity index (χ2v) is 4.63. The number of carbonyl (C=O) groups is 1. The third kappa shape index (κ3) is 3.59. The molecule has 0 bridgehead atoms. The number of aromatic hydroxyl groups is 1. The lowest BCUT2D eigenvalue weighted by molar-refractivity contribution is 0.0955. The summed E-state index contributed by atoms with van der Waals surface area (Å²) in [5.74, 6) is -0.230. The molecule has 0 fully saturated rings. The van der Waals surface area contributed by atoms with Crippen molar-refractivity contribution in [3.8, 4) is 5.75 Å². The summed E-state index contributed by atoms with van der Waals surface area (Å²) in [7, 11) is 0. The summed E-state index contributed by atoms with van der Waals surface area (Å²) in [5, 5.41) is 13.8. The zero-order valence-corrected chi connectivity index (χ0v) is 11.6. The van der Waals surface area contributed by atoms with Crippen LogP contribution in [-0.4, -0.2) is 16.7 Å². The number of carbonyl (C=O) groups excluding carboxylic acids is 1. The Bertz CT molecular complexity index is 651. The maximum absolute atomic E-state index is 11.8. The van der Waals surface area contributed by atoms with Gasteiger partial charge in [0.15, 0.2) is 0 Å². The van der Waals surface area contributed by atoms with Crippen molar-refractivity contribution >= 4 is 23.2 Å². The number of amides is 1. The van der Waals surface area contributed by atoms with E-state index in [0.717, 1.165) is 5.56 Å². The normalized spacial score (nSPS) is 11.2. The van der Waals surface area contributed by atoms with E-state index in [4.69, 9.17) is 16.7 Å². The Balaban J connectivity index is 2.08. The van der Waals surface area contributed by atoms with Gasteiger partial charge < -0.3 is 5.11 Å². The monoisotopic (exact) mass is 288 g/mol. The summed E-state index contributed by atoms with van der Waals surface area (Å²) in [4.78, 5) is 11.8. The number of nitrogens with one attached hydrogen (secondary N) is 1. The minimum absolute atomic E-state index is 0.111. The molecule has 2 aromatic rings. The number of nitrogens with zero attached hydrogens (tertiary/aromatic N) is 1. The second kappa shape index (κ2) is 6.21. The van der Waals surface area contributed by atoms with Crippen LogP contribution < -0.4 is 5.43 Å². The second-order valence-electron chi connectivity index (χ2n) is 4.20. The number of hydrogen-bond donors (Lipinski definition) is 2. The SMILES string of the molecule is C/C(=N/NC(=O)c1ccc(O)cc1)c1cccc(Cl)c1. The largest absolute Gasteiger partial charge is 0.508 e. The number of hydrazone groups is 1. The van der Waals surface area contributed by atoms with E-state index in [-0.39, 0.29) is 11.7 Å². The molecule has 5 heteroatoms. The van der Waals surface area contributed by atoms with Gasteiger partial charge in [-0.05, 0) is 48.9 Å². The molecule has 0 spiro atoms. The van der Waals surface area contributed by atoms with E-state index in [0.29, 0.717) is 16.3 Å². The van der Waals surface area contributed by atoms with E-state index in [1.54, 1.807) is 19.1 Å². The fourth-order valence-electron chi connectivity index (χ4n) is 1.59. The highest BCUT2D eigenvalue weighted by molar-refractivity contribution is 6.31. The zero-order valence-electron chi connectivity index (χ0n) is 10.8. The Morgan fingerprint density at radius 2 is 1.85 bits per heavy atom. The van der Waals surface area contributed by atoms with E-state index < -0.39 is 0 Å². The molecule has 0 aliphatic heterocycles. The molecule has 2 N–H and O–H groups in total. The van der Waals surface area contributed by atoms with E-state index >= 15 is 0 Å². The summed E-state index contributed by atoms with van der Waals surface area (Å²) < 4.78 is 0. The van der Waals surface area contributed by atoms with Gasteiger partial charge in [0.2, 0.25) is 0 Å². The number of phenolic OH excluding ortho intramolecular Hbond substituents is 1. The highest BCUT2D eigenvalue weighted by Crippen LogP contribution is 2.12. The van der Waals surface area contributed by atoms with Crippen molar-refractivity contribution in [3.63, 3.8) is 0 Å². The molecule has 0 aliphatic carbocycles. The number of hydrogen-bond acceptors (Lipinski definition) is 3. The van der Waals surface area contributed by atoms with Crippen LogP contribution in [0.25, 0.3) is 0 Å². The van der Waals surface area contributed by atoms with Gasteiger partial charge in [-0.15, -0.1) is 0 Å². The van der Waals surface area contributed by atoms with Gasteiger partial charge in [-0.25, -0.2) is 5.43 Å². The molecule has 0 unspecified atom stereocenters. The van der Waals surface area contributed by atoms with Crippen molar-refractivity contribution in [3.05, 3.63) is 64.7 Å². The maximum atomic E-state index is 11.8. The molecular weight excluding hydrogens is 276 g/mol. The maximum Gasteiger partial charge on any atom is 0.271 e. The molecular formula is C15H13ClN2O2. The van der Waals surface area contributed by atoms with Crippen LogP contribution in [0.2, 0.25) is 5.02 Å². The Kier molecular flexibility index (Phi) is 4.38. The van der Waals surface area contributed by atoms with Crippen LogP contribution in [0.4, 0.5) is 0 Å². The van der Waals surface area contributed by atoms with Crippen LogP contribution in [0.5, 0.6) is 5.75 Å². The number of halogens is 1. The molecule has 0 saturated heterocycles. The first-order chi connectivity index (χ1) is 9.56. The quantitative estimate of drug-likeness (QED) is 0.673. The van der Waals surface area contributed by atoms with Crippen LogP contribution in [0.3, 0.4) is 0 Å². The molecule has 0 aromatic heterocycles. The van der Waals surface area contributed by atoms with E-state index in [1.807, 2.05) is 12.1 Å². The van der Waals surface area contributed by atoms with Crippen molar-refractivity contribution in [2.75, 3.05) is 0 Å². The van der Waals surface area contributed by atoms with Gasteiger partial charge in [0.25, 0.3) is 5.91 Å². The third-order valence-electron chi connectivity index (χ3n) is 2.70. The van der Waals surface area contributed by atoms with Crippen molar-refractivity contribution in [1.29, 1.82) is 0 Å². The van der Waals surface area contributed by atoms with Crippen molar-refractivity contribution in [2.45, 2.75) is 6.92 Å². The molecule has 1 amide bonds. The van der Waals surface area contributed by atoms with Gasteiger partial charge in [-0.1, -0.05) is 23.7 Å². The van der Waals surface area contributed by atoms with E-state index in [9.17, 15) is 4.79 Å². The Hall–Kier alpha value is -2.33. The van der Waals surface area contributed by atoms with Gasteiger partial charge in [-0.2, -0.15) is 5.10 Å². The van der Waals surface area contributed by atoms with Crippen LogP contribution in [0.1, 0.15) is 22.8 Å². The summed E-state index contributed by atoms with van der Waals surface area (Å²) in [5.41, 5.74) is 4.37. The molecule has 20 heavy (non-hydrogen) atoms. The first-order valence-corrected chi connectivity index (χ1v) is 6.33. The predicted octanol–water partition coefficient (Wildman–Crippen LogP) is 3.20. The van der Waals surface area contributed by atoms with Gasteiger partial charge in [0.05, 0.1) is 5.71 Å². The number of benzene rings is 2. The fourth-order valence-corrected chi connectivity index (χ4v) is 1.78. The molecule has 102 valence electrons. The number of phenols is 1. The van der Waals surface area contributed by atoms with Gasteiger partial charge in [0.1, 0.15) is 5.75 Å². The number of rotatable bonds is 3. The standard InChI is InChI=1S/C15H13ClN2O2/c1-10(12-3-2-4-13(16)9-12)17-18-15(20)11-5-7-14(19)8-6-11/h2-9,19H,1H3,(H,18,20)/b17-10-. The Morgan fingerprint density at radius 3 is 2.50 bits per heavy atom. The van der Waals surface area contributed by atoms with Crippen LogP contribution >= 0.6 is 11.6 Å². The van der Waals surface area contributed by atoms with Crippen LogP contribution in [0, 0.1) is 0 Å². The van der Waals surface area contributed by atoms with Crippen LogP contribution in [0.15, 0.2) is 53.6 Å². The molecule has 0 aliphatic rings. The summed E-state index contributed by atoms with van der Waals surface area (Å²) in [6.07, 6.45) is 0. The van der Waals surface area contributed by atoms with E-state index in [2.05, 4.69) is 10.5 Å². The minimum atomic E-state index is -0.341. The highest BCUT2D eigenvalue weighted by atomic mass is 35.5. The lowest BCUT2D eigenvalue weighted by Gasteiger charge is -2.03. The molecule has 0 heterocycles. The average Bonchev–Trinajstić information content (AvgIpc) is 2.45.